The SMILES string of the molecule is CC1CCN(c2ccc(NC(=O)CCN3CCCCCC3)cc2)CC1. The lowest BCUT2D eigenvalue weighted by Crippen LogP contribution is -2.32. The predicted molar refractivity (Wildman–Crippen MR) is 105 cm³/mol. The molecule has 25 heavy (non-hydrogen) atoms. The predicted octanol–water partition coefficient (Wildman–Crippen LogP) is 4.13. The first-order chi connectivity index (χ1) is 12.2. The van der Waals surface area contributed by atoms with E-state index < -0.39 is 0 Å². The molecular formula is C21H33N3O. The van der Waals surface area contributed by atoms with E-state index in [1.807, 2.05) is 12.1 Å². The number of hydrogen-bond donors (Lipinski definition) is 1. The molecule has 138 valence electrons. The van der Waals surface area contributed by atoms with E-state index in [0.29, 0.717) is 6.42 Å². The summed E-state index contributed by atoms with van der Waals surface area (Å²) in [5, 5.41) is 3.05. The second-order valence-corrected chi connectivity index (χ2v) is 7.77. The average Bonchev–Trinajstić information content (AvgIpc) is 2.90. The summed E-state index contributed by atoms with van der Waals surface area (Å²) in [6, 6.07) is 8.36. The lowest BCUT2D eigenvalue weighted by molar-refractivity contribution is -0.116. The molecule has 0 spiro atoms. The Bertz CT molecular complexity index is 527. The molecule has 1 amide bonds. The molecule has 4 heteroatoms. The first-order valence-electron chi connectivity index (χ1n) is 10.1. The average molecular weight is 344 g/mol. The van der Waals surface area contributed by atoms with Crippen LogP contribution in [-0.2, 0) is 4.79 Å². The molecule has 0 atom stereocenters. The molecule has 1 N–H and O–H groups in total. The maximum Gasteiger partial charge on any atom is 0.225 e. The fourth-order valence-electron chi connectivity index (χ4n) is 3.87. The van der Waals surface area contributed by atoms with E-state index >= 15 is 0 Å². The second-order valence-electron chi connectivity index (χ2n) is 7.77. The van der Waals surface area contributed by atoms with Crippen LogP contribution in [-0.4, -0.2) is 43.5 Å². The Morgan fingerprint density at radius 3 is 2.28 bits per heavy atom. The normalized spacial score (nSPS) is 20.3. The summed E-state index contributed by atoms with van der Waals surface area (Å²) in [6.45, 7) is 7.80. The molecular weight excluding hydrogens is 310 g/mol. The summed E-state index contributed by atoms with van der Waals surface area (Å²) in [5.41, 5.74) is 2.18. The van der Waals surface area contributed by atoms with E-state index in [2.05, 4.69) is 34.2 Å². The van der Waals surface area contributed by atoms with Crippen LogP contribution in [0.2, 0.25) is 0 Å². The fraction of sp³-hybridized carbons (Fsp3) is 0.667. The van der Waals surface area contributed by atoms with Crippen molar-refractivity contribution in [3.05, 3.63) is 24.3 Å². The van der Waals surface area contributed by atoms with Gasteiger partial charge in [0.25, 0.3) is 0 Å². The second kappa shape index (κ2) is 9.23. The summed E-state index contributed by atoms with van der Waals surface area (Å²) in [7, 11) is 0. The Hall–Kier alpha value is -1.55. The van der Waals surface area contributed by atoms with Gasteiger partial charge in [-0.2, -0.15) is 0 Å². The Labute approximate surface area is 152 Å². The molecule has 3 rings (SSSR count). The van der Waals surface area contributed by atoms with Crippen LogP contribution >= 0.6 is 0 Å². The summed E-state index contributed by atoms with van der Waals surface area (Å²) in [5.74, 6) is 0.975. The van der Waals surface area contributed by atoms with Crippen molar-refractivity contribution in [3.63, 3.8) is 0 Å². The lowest BCUT2D eigenvalue weighted by atomic mass is 9.99. The van der Waals surface area contributed by atoms with E-state index in [0.717, 1.165) is 44.3 Å². The minimum atomic E-state index is 0.129. The van der Waals surface area contributed by atoms with Gasteiger partial charge in [-0.25, -0.2) is 0 Å². The number of carbonyl (C=O) groups is 1. The van der Waals surface area contributed by atoms with Crippen LogP contribution in [0.5, 0.6) is 0 Å². The van der Waals surface area contributed by atoms with E-state index in [9.17, 15) is 4.79 Å². The molecule has 4 nitrogen and oxygen atoms in total. The third-order valence-corrected chi connectivity index (χ3v) is 5.65. The first kappa shape index (κ1) is 18.2. The van der Waals surface area contributed by atoms with Crippen LogP contribution in [0, 0.1) is 5.92 Å². The molecule has 0 aliphatic carbocycles. The highest BCUT2D eigenvalue weighted by Gasteiger charge is 2.16. The van der Waals surface area contributed by atoms with Crippen molar-refractivity contribution in [1.29, 1.82) is 0 Å². The van der Waals surface area contributed by atoms with Gasteiger partial charge in [-0.3, -0.25) is 4.79 Å². The molecule has 0 radical (unpaired) electrons. The standard InChI is InChI=1S/C21H33N3O/c1-18-10-16-24(17-11-18)20-8-6-19(7-9-20)22-21(25)12-15-23-13-4-2-3-5-14-23/h6-9,18H,2-5,10-17H2,1H3,(H,22,25). The Morgan fingerprint density at radius 1 is 1.00 bits per heavy atom. The molecule has 1 aromatic rings. The summed E-state index contributed by atoms with van der Waals surface area (Å²) >= 11 is 0. The maximum absolute atomic E-state index is 12.2. The number of likely N-dealkylation sites (tertiary alicyclic amines) is 1. The lowest BCUT2D eigenvalue weighted by Gasteiger charge is -2.32. The molecule has 0 unspecified atom stereocenters. The van der Waals surface area contributed by atoms with Gasteiger partial charge in [0, 0.05) is 37.4 Å². The number of carbonyl (C=O) groups excluding carboxylic acids is 1. The summed E-state index contributed by atoms with van der Waals surface area (Å²) in [6.07, 6.45) is 8.36. The number of benzene rings is 1. The van der Waals surface area contributed by atoms with Gasteiger partial charge in [-0.1, -0.05) is 19.8 Å². The third kappa shape index (κ3) is 5.74. The number of piperidine rings is 1. The largest absolute Gasteiger partial charge is 0.372 e. The zero-order chi connectivity index (χ0) is 17.5. The first-order valence-corrected chi connectivity index (χ1v) is 10.1. The highest BCUT2D eigenvalue weighted by atomic mass is 16.1. The zero-order valence-corrected chi connectivity index (χ0v) is 15.7. The van der Waals surface area contributed by atoms with Crippen molar-refractivity contribution in [2.24, 2.45) is 5.92 Å². The van der Waals surface area contributed by atoms with E-state index in [1.165, 1.54) is 44.2 Å². The molecule has 2 saturated heterocycles. The van der Waals surface area contributed by atoms with Crippen molar-refractivity contribution in [1.82, 2.24) is 4.90 Å². The third-order valence-electron chi connectivity index (χ3n) is 5.65. The number of anilines is 2. The van der Waals surface area contributed by atoms with Crippen LogP contribution in [0.15, 0.2) is 24.3 Å². The molecule has 0 saturated carbocycles. The maximum atomic E-state index is 12.2. The van der Waals surface area contributed by atoms with Crippen molar-refractivity contribution >= 4 is 17.3 Å². The van der Waals surface area contributed by atoms with Gasteiger partial charge in [0.15, 0.2) is 0 Å². The van der Waals surface area contributed by atoms with Crippen LogP contribution in [0.1, 0.15) is 51.9 Å². The summed E-state index contributed by atoms with van der Waals surface area (Å²) in [4.78, 5) is 17.1. The van der Waals surface area contributed by atoms with Crippen LogP contribution < -0.4 is 10.2 Å². The van der Waals surface area contributed by atoms with Gasteiger partial charge in [0.1, 0.15) is 0 Å². The van der Waals surface area contributed by atoms with Crippen LogP contribution in [0.4, 0.5) is 11.4 Å². The van der Waals surface area contributed by atoms with Crippen LogP contribution in [0.3, 0.4) is 0 Å². The quantitative estimate of drug-likeness (QED) is 0.873. The van der Waals surface area contributed by atoms with Gasteiger partial charge < -0.3 is 15.1 Å². The van der Waals surface area contributed by atoms with Crippen LogP contribution in [0.25, 0.3) is 0 Å². The highest BCUT2D eigenvalue weighted by molar-refractivity contribution is 5.91. The zero-order valence-electron chi connectivity index (χ0n) is 15.7. The van der Waals surface area contributed by atoms with Gasteiger partial charge in [0.05, 0.1) is 0 Å². The minimum Gasteiger partial charge on any atom is -0.372 e. The molecule has 0 aromatic heterocycles. The van der Waals surface area contributed by atoms with E-state index in [-0.39, 0.29) is 5.91 Å². The fourth-order valence-corrected chi connectivity index (χ4v) is 3.87. The van der Waals surface area contributed by atoms with Crippen molar-refractivity contribution < 1.29 is 4.79 Å². The van der Waals surface area contributed by atoms with Gasteiger partial charge in [-0.15, -0.1) is 0 Å². The van der Waals surface area contributed by atoms with Crippen molar-refractivity contribution in [2.45, 2.75) is 51.9 Å². The molecule has 0 bridgehead atoms. The topological polar surface area (TPSA) is 35.6 Å². The van der Waals surface area contributed by atoms with Crippen molar-refractivity contribution in [2.75, 3.05) is 42.9 Å². The highest BCUT2D eigenvalue weighted by Crippen LogP contribution is 2.24. The van der Waals surface area contributed by atoms with Gasteiger partial charge in [-0.05, 0) is 69.0 Å². The summed E-state index contributed by atoms with van der Waals surface area (Å²) < 4.78 is 0. The van der Waals surface area contributed by atoms with Gasteiger partial charge in [0.2, 0.25) is 5.91 Å². The van der Waals surface area contributed by atoms with Gasteiger partial charge >= 0.3 is 0 Å². The minimum absolute atomic E-state index is 0.129. The van der Waals surface area contributed by atoms with E-state index in [4.69, 9.17) is 0 Å². The molecule has 2 fully saturated rings. The molecule has 2 heterocycles. The Morgan fingerprint density at radius 2 is 1.64 bits per heavy atom. The molecule has 1 aromatic carbocycles. The smallest absolute Gasteiger partial charge is 0.225 e. The number of rotatable bonds is 5. The number of hydrogen-bond acceptors (Lipinski definition) is 3. The number of amides is 1. The van der Waals surface area contributed by atoms with Crippen molar-refractivity contribution in [3.8, 4) is 0 Å². The number of nitrogens with zero attached hydrogens (tertiary/aromatic N) is 2. The van der Waals surface area contributed by atoms with E-state index in [1.54, 1.807) is 0 Å². The Balaban J connectivity index is 1.43. The molecule has 2 aliphatic heterocycles. The molecule has 2 aliphatic rings. The number of nitrogens with one attached hydrogen (secondary N) is 1. The monoisotopic (exact) mass is 343 g/mol. The Kier molecular flexibility index (Phi) is 6.74.